The fourth-order valence-electron chi connectivity index (χ4n) is 3.25. The molecular weight excluding hydrogens is 322 g/mol. The molecule has 1 N–H and O–H groups in total. The van der Waals surface area contributed by atoms with E-state index in [0.29, 0.717) is 30.3 Å². The van der Waals surface area contributed by atoms with Crippen molar-refractivity contribution in [2.75, 3.05) is 31.2 Å². The third kappa shape index (κ3) is 3.22. The Labute approximate surface area is 145 Å². The van der Waals surface area contributed by atoms with Crippen LogP contribution in [-0.2, 0) is 11.2 Å². The van der Waals surface area contributed by atoms with Crippen molar-refractivity contribution in [3.05, 3.63) is 30.1 Å². The molecule has 2 aliphatic rings. The van der Waals surface area contributed by atoms with Crippen LogP contribution in [0.1, 0.15) is 18.4 Å². The van der Waals surface area contributed by atoms with Gasteiger partial charge in [-0.3, -0.25) is 4.79 Å². The highest BCUT2D eigenvalue weighted by molar-refractivity contribution is 5.78. The first kappa shape index (κ1) is 15.7. The minimum atomic E-state index is -0.896. The van der Waals surface area contributed by atoms with E-state index in [0.717, 1.165) is 43.0 Å². The zero-order chi connectivity index (χ0) is 17.2. The van der Waals surface area contributed by atoms with E-state index in [9.17, 15) is 9.90 Å². The first-order valence-electron chi connectivity index (χ1n) is 8.42. The molecule has 2 aliphatic heterocycles. The summed E-state index contributed by atoms with van der Waals surface area (Å²) < 4.78 is 11.2. The molecule has 1 saturated heterocycles. The van der Waals surface area contributed by atoms with Crippen LogP contribution in [0.4, 0.5) is 5.95 Å². The smallest absolute Gasteiger partial charge is 0.307 e. The van der Waals surface area contributed by atoms with E-state index >= 15 is 0 Å². The van der Waals surface area contributed by atoms with Crippen LogP contribution < -0.4 is 14.4 Å². The van der Waals surface area contributed by atoms with E-state index in [-0.39, 0.29) is 6.42 Å². The number of aromatic nitrogens is 2. The van der Waals surface area contributed by atoms with Crippen LogP contribution in [0, 0.1) is 0 Å². The third-order valence-electron chi connectivity index (χ3n) is 4.45. The van der Waals surface area contributed by atoms with Crippen LogP contribution in [0.3, 0.4) is 0 Å². The van der Waals surface area contributed by atoms with E-state index < -0.39 is 5.97 Å². The number of carboxylic acid groups (broad SMARTS) is 1. The maximum Gasteiger partial charge on any atom is 0.307 e. The number of carboxylic acids is 1. The molecule has 2 aromatic rings. The minimum Gasteiger partial charge on any atom is -0.486 e. The second-order valence-corrected chi connectivity index (χ2v) is 6.19. The molecule has 0 atom stereocenters. The Morgan fingerprint density at radius 2 is 1.72 bits per heavy atom. The summed E-state index contributed by atoms with van der Waals surface area (Å²) in [5.74, 6) is 1.03. The molecule has 1 aromatic carbocycles. The summed E-state index contributed by atoms with van der Waals surface area (Å²) in [5, 5.41) is 9.22. The van der Waals surface area contributed by atoms with Crippen molar-refractivity contribution in [1.29, 1.82) is 0 Å². The van der Waals surface area contributed by atoms with Crippen LogP contribution in [0.25, 0.3) is 11.1 Å². The Balaban J connectivity index is 1.71. The van der Waals surface area contributed by atoms with Gasteiger partial charge in [-0.2, -0.15) is 0 Å². The van der Waals surface area contributed by atoms with Gasteiger partial charge in [-0.15, -0.1) is 0 Å². The average molecular weight is 341 g/mol. The van der Waals surface area contributed by atoms with Crippen LogP contribution in [-0.4, -0.2) is 47.3 Å². The van der Waals surface area contributed by atoms with Gasteiger partial charge in [0.15, 0.2) is 11.5 Å². The average Bonchev–Trinajstić information content (AvgIpc) is 3.15. The quantitative estimate of drug-likeness (QED) is 0.912. The Bertz CT molecular complexity index is 786. The highest BCUT2D eigenvalue weighted by Gasteiger charge is 2.20. The lowest BCUT2D eigenvalue weighted by Crippen LogP contribution is -2.20. The summed E-state index contributed by atoms with van der Waals surface area (Å²) in [5.41, 5.74) is 2.20. The Morgan fingerprint density at radius 1 is 1.08 bits per heavy atom. The fraction of sp³-hybridized carbons (Fsp3) is 0.389. The van der Waals surface area contributed by atoms with Crippen molar-refractivity contribution in [1.82, 2.24) is 9.97 Å². The maximum absolute atomic E-state index is 11.2. The van der Waals surface area contributed by atoms with Gasteiger partial charge in [0.05, 0.1) is 6.42 Å². The zero-order valence-electron chi connectivity index (χ0n) is 13.8. The number of rotatable bonds is 4. The van der Waals surface area contributed by atoms with E-state index in [1.807, 2.05) is 6.07 Å². The largest absolute Gasteiger partial charge is 0.486 e. The normalized spacial score (nSPS) is 16.1. The molecule has 0 amide bonds. The standard InChI is InChI=1S/C18H19N3O4/c22-17(23)8-12-7-15-16(25-6-5-24-15)9-14(12)13-10-19-18(20-11-13)21-3-1-2-4-21/h7,9-11H,1-6,8H2,(H,22,23). The molecule has 130 valence electrons. The number of hydrogen-bond acceptors (Lipinski definition) is 6. The molecular formula is C18H19N3O4. The molecule has 0 bridgehead atoms. The predicted octanol–water partition coefficient (Wildman–Crippen LogP) is 2.14. The summed E-state index contributed by atoms with van der Waals surface area (Å²) in [6.07, 6.45) is 5.72. The Hall–Kier alpha value is -2.83. The molecule has 0 unspecified atom stereocenters. The topological polar surface area (TPSA) is 84.8 Å². The van der Waals surface area contributed by atoms with Gasteiger partial charge in [-0.1, -0.05) is 0 Å². The number of nitrogens with zero attached hydrogens (tertiary/aromatic N) is 3. The second-order valence-electron chi connectivity index (χ2n) is 6.19. The van der Waals surface area contributed by atoms with Gasteiger partial charge in [-0.05, 0) is 36.1 Å². The molecule has 7 heteroatoms. The Kier molecular flexibility index (Phi) is 4.13. The van der Waals surface area contributed by atoms with Gasteiger partial charge in [-0.25, -0.2) is 9.97 Å². The fourth-order valence-corrected chi connectivity index (χ4v) is 3.25. The molecule has 0 saturated carbocycles. The number of carbonyl (C=O) groups is 1. The van der Waals surface area contributed by atoms with Crippen LogP contribution in [0.15, 0.2) is 24.5 Å². The van der Waals surface area contributed by atoms with Gasteiger partial charge < -0.3 is 19.5 Å². The van der Waals surface area contributed by atoms with E-state index in [1.54, 1.807) is 18.5 Å². The van der Waals surface area contributed by atoms with E-state index in [1.165, 1.54) is 0 Å². The van der Waals surface area contributed by atoms with Crippen molar-refractivity contribution in [3.8, 4) is 22.6 Å². The van der Waals surface area contributed by atoms with E-state index in [4.69, 9.17) is 9.47 Å². The van der Waals surface area contributed by atoms with Crippen LogP contribution in [0.2, 0.25) is 0 Å². The molecule has 7 nitrogen and oxygen atoms in total. The summed E-state index contributed by atoms with van der Waals surface area (Å²) in [7, 11) is 0. The summed E-state index contributed by atoms with van der Waals surface area (Å²) in [6, 6.07) is 3.56. The van der Waals surface area contributed by atoms with Crippen molar-refractivity contribution < 1.29 is 19.4 Å². The summed E-state index contributed by atoms with van der Waals surface area (Å²) >= 11 is 0. The molecule has 3 heterocycles. The first-order valence-corrected chi connectivity index (χ1v) is 8.42. The number of anilines is 1. The lowest BCUT2D eigenvalue weighted by Gasteiger charge is -2.21. The Morgan fingerprint density at radius 3 is 2.36 bits per heavy atom. The van der Waals surface area contributed by atoms with E-state index in [2.05, 4.69) is 14.9 Å². The van der Waals surface area contributed by atoms with Crippen LogP contribution in [0.5, 0.6) is 11.5 Å². The number of hydrogen-bond donors (Lipinski definition) is 1. The molecule has 25 heavy (non-hydrogen) atoms. The van der Waals surface area contributed by atoms with Gasteiger partial charge in [0.1, 0.15) is 13.2 Å². The van der Waals surface area contributed by atoms with Gasteiger partial charge in [0.2, 0.25) is 5.95 Å². The maximum atomic E-state index is 11.2. The lowest BCUT2D eigenvalue weighted by atomic mass is 9.98. The van der Waals surface area contributed by atoms with Crippen molar-refractivity contribution in [3.63, 3.8) is 0 Å². The SMILES string of the molecule is O=C(O)Cc1cc2c(cc1-c1cnc(N3CCCC3)nc1)OCCO2. The number of benzene rings is 1. The molecule has 0 spiro atoms. The van der Waals surface area contributed by atoms with Crippen LogP contribution >= 0.6 is 0 Å². The molecule has 0 aliphatic carbocycles. The van der Waals surface area contributed by atoms with Gasteiger partial charge in [0.25, 0.3) is 0 Å². The van der Waals surface area contributed by atoms with Gasteiger partial charge >= 0.3 is 5.97 Å². The summed E-state index contributed by atoms with van der Waals surface area (Å²) in [6.45, 7) is 2.91. The zero-order valence-corrected chi connectivity index (χ0v) is 13.8. The highest BCUT2D eigenvalue weighted by atomic mass is 16.6. The summed E-state index contributed by atoms with van der Waals surface area (Å²) in [4.78, 5) is 22.3. The predicted molar refractivity (Wildman–Crippen MR) is 91.2 cm³/mol. The monoisotopic (exact) mass is 341 g/mol. The number of ether oxygens (including phenoxy) is 2. The van der Waals surface area contributed by atoms with Crippen molar-refractivity contribution >= 4 is 11.9 Å². The molecule has 4 rings (SSSR count). The van der Waals surface area contributed by atoms with Crippen molar-refractivity contribution in [2.45, 2.75) is 19.3 Å². The minimum absolute atomic E-state index is 0.0974. The third-order valence-corrected chi connectivity index (χ3v) is 4.45. The van der Waals surface area contributed by atoms with Crippen molar-refractivity contribution in [2.24, 2.45) is 0 Å². The number of aliphatic carboxylic acids is 1. The number of fused-ring (bicyclic) bond motifs is 1. The molecule has 0 radical (unpaired) electrons. The highest BCUT2D eigenvalue weighted by Crippen LogP contribution is 2.37. The lowest BCUT2D eigenvalue weighted by molar-refractivity contribution is -0.136. The molecule has 1 aromatic heterocycles. The molecule has 1 fully saturated rings. The first-order chi connectivity index (χ1) is 12.2. The second kappa shape index (κ2) is 6.58. The van der Waals surface area contributed by atoms with Gasteiger partial charge in [0, 0.05) is 31.0 Å².